The van der Waals surface area contributed by atoms with Crippen LogP contribution in [0.3, 0.4) is 0 Å². The average Bonchev–Trinajstić information content (AvgIpc) is 2.01. The highest BCUT2D eigenvalue weighted by atomic mass is 35.5. The summed E-state index contributed by atoms with van der Waals surface area (Å²) in [7, 11) is 0. The molecule has 1 aromatic heterocycles. The Morgan fingerprint density at radius 1 is 1.21 bits per heavy atom. The van der Waals surface area contributed by atoms with Gasteiger partial charge in [0.1, 0.15) is 11.6 Å². The first-order valence-corrected chi connectivity index (χ1v) is 4.65. The zero-order valence-electron chi connectivity index (χ0n) is 7.20. The summed E-state index contributed by atoms with van der Waals surface area (Å²) in [4.78, 5) is 22.2. The molecule has 0 bridgehead atoms. The lowest BCUT2D eigenvalue weighted by Gasteiger charge is -1.99. The van der Waals surface area contributed by atoms with E-state index in [1.165, 1.54) is 0 Å². The van der Waals surface area contributed by atoms with Gasteiger partial charge in [0.15, 0.2) is 0 Å². The first-order valence-electron chi connectivity index (χ1n) is 3.89. The van der Waals surface area contributed by atoms with E-state index in [2.05, 4.69) is 15.0 Å². The van der Waals surface area contributed by atoms with Crippen LogP contribution in [0.1, 0.15) is 12.2 Å². The second-order valence-electron chi connectivity index (χ2n) is 2.54. The number of nitrogens with two attached hydrogens (primary N) is 1. The third-order valence-corrected chi connectivity index (χ3v) is 1.74. The van der Waals surface area contributed by atoms with Crippen molar-refractivity contribution in [2.75, 3.05) is 6.54 Å². The maximum atomic E-state index is 11.2. The molecule has 0 fully saturated rings. The van der Waals surface area contributed by atoms with Crippen LogP contribution in [0, 0.1) is 0 Å². The molecule has 1 heterocycles. The summed E-state index contributed by atoms with van der Waals surface area (Å²) in [6.07, 6.45) is 0.375. The number of carbonyl (C=O) groups is 1. The predicted octanol–water partition coefficient (Wildman–Crippen LogP) is 0.639. The summed E-state index contributed by atoms with van der Waals surface area (Å²) in [5.74, 6) is 0.222. The standard InChI is InChI=1S/C7H8Cl2N4O/c8-6-11-5(12-7(9)13-6)3-4(14)1-2-10/h1-3,10H2. The minimum atomic E-state index is -0.0502. The lowest BCUT2D eigenvalue weighted by Crippen LogP contribution is -2.12. The quantitative estimate of drug-likeness (QED) is 0.827. The Kier molecular flexibility index (Phi) is 4.19. The van der Waals surface area contributed by atoms with E-state index < -0.39 is 0 Å². The summed E-state index contributed by atoms with van der Waals surface area (Å²) in [5, 5.41) is -0.0268. The number of hydrogen-bond acceptors (Lipinski definition) is 5. The molecule has 76 valence electrons. The second kappa shape index (κ2) is 5.19. The van der Waals surface area contributed by atoms with Crippen LogP contribution in [0.2, 0.25) is 10.6 Å². The first kappa shape index (κ1) is 11.3. The van der Waals surface area contributed by atoms with Gasteiger partial charge >= 0.3 is 0 Å². The van der Waals surface area contributed by atoms with Gasteiger partial charge in [-0.15, -0.1) is 0 Å². The largest absolute Gasteiger partial charge is 0.330 e. The van der Waals surface area contributed by atoms with Gasteiger partial charge in [-0.2, -0.15) is 4.98 Å². The summed E-state index contributed by atoms with van der Waals surface area (Å²) < 4.78 is 0. The number of nitrogens with zero attached hydrogens (tertiary/aromatic N) is 3. The molecule has 0 radical (unpaired) electrons. The van der Waals surface area contributed by atoms with Gasteiger partial charge < -0.3 is 5.73 Å². The molecule has 0 aromatic carbocycles. The number of ketones is 1. The third kappa shape index (κ3) is 3.53. The fourth-order valence-electron chi connectivity index (χ4n) is 0.869. The number of aromatic nitrogens is 3. The van der Waals surface area contributed by atoms with E-state index >= 15 is 0 Å². The van der Waals surface area contributed by atoms with Gasteiger partial charge in [-0.05, 0) is 29.7 Å². The van der Waals surface area contributed by atoms with Gasteiger partial charge in [0.2, 0.25) is 10.6 Å². The van der Waals surface area contributed by atoms with Crippen molar-refractivity contribution in [3.8, 4) is 0 Å². The van der Waals surface area contributed by atoms with Crippen molar-refractivity contribution in [3.63, 3.8) is 0 Å². The Hall–Kier alpha value is -0.780. The van der Waals surface area contributed by atoms with Crippen LogP contribution in [0.25, 0.3) is 0 Å². The average molecular weight is 235 g/mol. The van der Waals surface area contributed by atoms with Gasteiger partial charge in [-0.3, -0.25) is 4.79 Å². The van der Waals surface area contributed by atoms with E-state index in [1.54, 1.807) is 0 Å². The molecule has 2 N–H and O–H groups in total. The zero-order chi connectivity index (χ0) is 10.6. The van der Waals surface area contributed by atoms with Crippen LogP contribution in [-0.2, 0) is 11.2 Å². The Labute approximate surface area is 90.7 Å². The van der Waals surface area contributed by atoms with E-state index in [0.29, 0.717) is 13.0 Å². The van der Waals surface area contributed by atoms with Gasteiger partial charge in [-0.1, -0.05) is 0 Å². The number of carbonyl (C=O) groups excluding carboxylic acids is 1. The highest BCUT2D eigenvalue weighted by Gasteiger charge is 2.08. The van der Waals surface area contributed by atoms with E-state index in [9.17, 15) is 4.79 Å². The fraction of sp³-hybridized carbons (Fsp3) is 0.429. The van der Waals surface area contributed by atoms with Gasteiger partial charge in [-0.25, -0.2) is 9.97 Å². The molecule has 0 unspecified atom stereocenters. The molecule has 0 aliphatic rings. The van der Waals surface area contributed by atoms with Crippen LogP contribution in [0.5, 0.6) is 0 Å². The lowest BCUT2D eigenvalue weighted by molar-refractivity contribution is -0.118. The van der Waals surface area contributed by atoms with E-state index in [0.717, 1.165) is 0 Å². The molecule has 5 nitrogen and oxygen atoms in total. The van der Waals surface area contributed by atoms with E-state index in [1.807, 2.05) is 0 Å². The minimum absolute atomic E-state index is 0.0134. The lowest BCUT2D eigenvalue weighted by atomic mass is 10.2. The van der Waals surface area contributed by atoms with Crippen molar-refractivity contribution < 1.29 is 4.79 Å². The highest BCUT2D eigenvalue weighted by molar-refractivity contribution is 6.31. The third-order valence-electron chi connectivity index (χ3n) is 1.41. The molecule has 0 amide bonds. The molecule has 0 saturated carbocycles. The topological polar surface area (TPSA) is 81.8 Å². The van der Waals surface area contributed by atoms with Crippen LogP contribution < -0.4 is 5.73 Å². The molecular formula is C7H8Cl2N4O. The smallest absolute Gasteiger partial charge is 0.226 e. The van der Waals surface area contributed by atoms with Crippen molar-refractivity contribution in [3.05, 3.63) is 16.4 Å². The molecule has 14 heavy (non-hydrogen) atoms. The monoisotopic (exact) mass is 234 g/mol. The number of halogens is 2. The number of Topliss-reactive ketones (excluding diaryl/α,β-unsaturated/α-hetero) is 1. The molecule has 0 aliphatic heterocycles. The second-order valence-corrected chi connectivity index (χ2v) is 3.22. The molecule has 1 rings (SSSR count). The number of hydrogen-bond donors (Lipinski definition) is 1. The Morgan fingerprint density at radius 3 is 2.29 bits per heavy atom. The molecule has 0 aliphatic carbocycles. The predicted molar refractivity (Wildman–Crippen MR) is 52.2 cm³/mol. The van der Waals surface area contributed by atoms with Crippen LogP contribution >= 0.6 is 23.2 Å². The first-order chi connectivity index (χ1) is 6.61. The normalized spacial score (nSPS) is 10.2. The van der Waals surface area contributed by atoms with Crippen molar-refractivity contribution in [1.82, 2.24) is 15.0 Å². The molecule has 0 spiro atoms. The maximum absolute atomic E-state index is 11.2. The molecule has 7 heteroatoms. The van der Waals surface area contributed by atoms with Crippen LogP contribution in [0.15, 0.2) is 0 Å². The highest BCUT2D eigenvalue weighted by Crippen LogP contribution is 2.07. The van der Waals surface area contributed by atoms with Gasteiger partial charge in [0, 0.05) is 6.42 Å². The molecular weight excluding hydrogens is 227 g/mol. The van der Waals surface area contributed by atoms with Crippen LogP contribution in [-0.4, -0.2) is 27.3 Å². The zero-order valence-corrected chi connectivity index (χ0v) is 8.72. The van der Waals surface area contributed by atoms with Crippen molar-refractivity contribution in [1.29, 1.82) is 0 Å². The van der Waals surface area contributed by atoms with E-state index in [-0.39, 0.29) is 28.6 Å². The fourth-order valence-corrected chi connectivity index (χ4v) is 1.27. The van der Waals surface area contributed by atoms with Gasteiger partial charge in [0.25, 0.3) is 0 Å². The summed E-state index contributed by atoms with van der Waals surface area (Å²) >= 11 is 11.1. The molecule has 1 aromatic rings. The summed E-state index contributed by atoms with van der Waals surface area (Å²) in [5.41, 5.74) is 5.22. The maximum Gasteiger partial charge on any atom is 0.226 e. The Morgan fingerprint density at radius 2 is 1.79 bits per heavy atom. The van der Waals surface area contributed by atoms with Crippen LogP contribution in [0.4, 0.5) is 0 Å². The van der Waals surface area contributed by atoms with Gasteiger partial charge in [0.05, 0.1) is 6.42 Å². The summed E-state index contributed by atoms with van der Waals surface area (Å²) in [6.45, 7) is 0.311. The summed E-state index contributed by atoms with van der Waals surface area (Å²) in [6, 6.07) is 0. The van der Waals surface area contributed by atoms with Crippen molar-refractivity contribution in [2.45, 2.75) is 12.8 Å². The van der Waals surface area contributed by atoms with Crippen molar-refractivity contribution >= 4 is 29.0 Å². The van der Waals surface area contributed by atoms with E-state index in [4.69, 9.17) is 28.9 Å². The SMILES string of the molecule is NCCC(=O)Cc1nc(Cl)nc(Cl)n1. The minimum Gasteiger partial charge on any atom is -0.330 e. The number of rotatable bonds is 4. The molecule has 0 saturated heterocycles. The molecule has 0 atom stereocenters. The van der Waals surface area contributed by atoms with Crippen molar-refractivity contribution in [2.24, 2.45) is 5.73 Å². The Bertz CT molecular complexity index is 324. The Balaban J connectivity index is 2.71.